The minimum absolute atomic E-state index is 0.176. The van der Waals surface area contributed by atoms with E-state index < -0.39 is 0 Å². The van der Waals surface area contributed by atoms with E-state index in [1.54, 1.807) is 0 Å². The van der Waals surface area contributed by atoms with Gasteiger partial charge >= 0.3 is 0 Å². The molecule has 1 saturated carbocycles. The van der Waals surface area contributed by atoms with E-state index in [1.165, 1.54) is 19.3 Å². The smallest absolute Gasteiger partial charge is 0.278 e. The minimum Gasteiger partial charge on any atom is -0.369 e. The van der Waals surface area contributed by atoms with Crippen LogP contribution < -0.4 is 10.6 Å². The molecule has 0 atom stereocenters. The zero-order valence-corrected chi connectivity index (χ0v) is 11.8. The highest BCUT2D eigenvalue weighted by molar-refractivity contribution is 7.82. The van der Waals surface area contributed by atoms with Crippen LogP contribution in [0.1, 0.15) is 37.7 Å². The second-order valence-corrected chi connectivity index (χ2v) is 5.38. The zero-order chi connectivity index (χ0) is 13.5. The summed E-state index contributed by atoms with van der Waals surface area (Å²) >= 11 is 5.15. The van der Waals surface area contributed by atoms with Crippen molar-refractivity contribution in [2.75, 3.05) is 0 Å². The quantitative estimate of drug-likeness (QED) is 0.834. The molecule has 4 heteroatoms. The Hall–Kier alpha value is -1.42. The van der Waals surface area contributed by atoms with Gasteiger partial charge in [0.05, 0.1) is 0 Å². The summed E-state index contributed by atoms with van der Waals surface area (Å²) in [5.74, 6) is -0.176. The highest BCUT2D eigenvalue weighted by atomic mass is 32.1. The lowest BCUT2D eigenvalue weighted by atomic mass is 9.95. The van der Waals surface area contributed by atoms with Crippen LogP contribution in [0.4, 0.5) is 0 Å². The van der Waals surface area contributed by atoms with Gasteiger partial charge in [0, 0.05) is 12.6 Å². The Kier molecular flexibility index (Phi) is 5.33. The summed E-state index contributed by atoms with van der Waals surface area (Å²) in [7, 11) is 0. The molecule has 3 nitrogen and oxygen atoms in total. The third-order valence-electron chi connectivity index (χ3n) is 3.44. The van der Waals surface area contributed by atoms with E-state index >= 15 is 0 Å². The fraction of sp³-hybridized carbons (Fsp3) is 0.467. The van der Waals surface area contributed by atoms with Crippen LogP contribution in [0.3, 0.4) is 0 Å². The van der Waals surface area contributed by atoms with Crippen LogP contribution in [0.15, 0.2) is 30.3 Å². The van der Waals surface area contributed by atoms with Gasteiger partial charge in [0.1, 0.15) is 0 Å². The number of thiocarbonyl (C=S) groups is 1. The summed E-state index contributed by atoms with van der Waals surface area (Å²) in [6.45, 7) is 0.520. The Morgan fingerprint density at radius 1 is 1.16 bits per heavy atom. The molecule has 102 valence electrons. The minimum atomic E-state index is -0.176. The maximum atomic E-state index is 11.9. The Bertz CT molecular complexity index is 427. The molecule has 0 radical (unpaired) electrons. The van der Waals surface area contributed by atoms with Crippen molar-refractivity contribution in [3.63, 3.8) is 0 Å². The van der Waals surface area contributed by atoms with Gasteiger partial charge < -0.3 is 10.6 Å². The number of rotatable bonds is 3. The van der Waals surface area contributed by atoms with Crippen LogP contribution in [-0.4, -0.2) is 16.9 Å². The number of benzene rings is 1. The molecule has 1 amide bonds. The second-order valence-electron chi connectivity index (χ2n) is 4.98. The molecule has 2 N–H and O–H groups in total. The normalized spacial score (nSPS) is 15.8. The van der Waals surface area contributed by atoms with Gasteiger partial charge in [-0.05, 0) is 18.4 Å². The lowest BCUT2D eigenvalue weighted by Crippen LogP contribution is -2.43. The fourth-order valence-electron chi connectivity index (χ4n) is 2.36. The number of hydrogen-bond donors (Lipinski definition) is 2. The van der Waals surface area contributed by atoms with Crippen LogP contribution in [0.2, 0.25) is 0 Å². The molecule has 1 aliphatic rings. The van der Waals surface area contributed by atoms with Crippen LogP contribution in [0.25, 0.3) is 0 Å². The molecule has 0 saturated heterocycles. The van der Waals surface area contributed by atoms with E-state index in [9.17, 15) is 4.79 Å². The highest BCUT2D eigenvalue weighted by Gasteiger charge is 2.17. The Labute approximate surface area is 119 Å². The second kappa shape index (κ2) is 7.24. The lowest BCUT2D eigenvalue weighted by molar-refractivity contribution is -0.115. The number of nitrogens with one attached hydrogen (secondary N) is 2. The maximum absolute atomic E-state index is 11.9. The van der Waals surface area contributed by atoms with Gasteiger partial charge in [-0.15, -0.1) is 0 Å². The third-order valence-corrected chi connectivity index (χ3v) is 3.75. The number of hydrogen-bond acceptors (Lipinski definition) is 2. The first-order valence-corrected chi connectivity index (χ1v) is 7.29. The van der Waals surface area contributed by atoms with E-state index in [-0.39, 0.29) is 5.91 Å². The van der Waals surface area contributed by atoms with Crippen molar-refractivity contribution in [3.8, 4) is 0 Å². The zero-order valence-electron chi connectivity index (χ0n) is 11.0. The SMILES string of the molecule is O=C(NCc1ccccc1)C(=S)NC1CCCCC1. The predicted octanol–water partition coefficient (Wildman–Crippen LogP) is 2.55. The third kappa shape index (κ3) is 4.63. The molecule has 2 rings (SSSR count). The van der Waals surface area contributed by atoms with Gasteiger partial charge in [-0.3, -0.25) is 4.79 Å². The summed E-state index contributed by atoms with van der Waals surface area (Å²) in [6.07, 6.45) is 5.99. The molecule has 1 aromatic carbocycles. The first kappa shape index (κ1) is 14.0. The monoisotopic (exact) mass is 276 g/mol. The summed E-state index contributed by atoms with van der Waals surface area (Å²) in [5, 5.41) is 6.02. The summed E-state index contributed by atoms with van der Waals surface area (Å²) in [4.78, 5) is 12.2. The predicted molar refractivity (Wildman–Crippen MR) is 80.9 cm³/mol. The van der Waals surface area contributed by atoms with Crippen LogP contribution in [-0.2, 0) is 11.3 Å². The summed E-state index contributed by atoms with van der Waals surface area (Å²) < 4.78 is 0. The molecule has 0 spiro atoms. The standard InChI is InChI=1S/C15H20N2OS/c18-14(16-11-12-7-3-1-4-8-12)15(19)17-13-9-5-2-6-10-13/h1,3-4,7-8,13H,2,5-6,9-11H2,(H,16,18)(H,17,19). The molecular formula is C15H20N2OS. The van der Waals surface area contributed by atoms with E-state index in [0.29, 0.717) is 17.6 Å². The van der Waals surface area contributed by atoms with Crippen molar-refractivity contribution in [2.45, 2.75) is 44.7 Å². The van der Waals surface area contributed by atoms with Crippen LogP contribution >= 0.6 is 12.2 Å². The van der Waals surface area contributed by atoms with Crippen molar-refractivity contribution in [1.82, 2.24) is 10.6 Å². The number of carbonyl (C=O) groups excluding carboxylic acids is 1. The molecule has 1 aliphatic carbocycles. The Morgan fingerprint density at radius 2 is 1.84 bits per heavy atom. The molecule has 0 unspecified atom stereocenters. The Balaban J connectivity index is 1.74. The van der Waals surface area contributed by atoms with Gasteiger partial charge in [0.15, 0.2) is 4.99 Å². The van der Waals surface area contributed by atoms with E-state index in [4.69, 9.17) is 12.2 Å². The van der Waals surface area contributed by atoms with Crippen molar-refractivity contribution in [1.29, 1.82) is 0 Å². The number of carbonyl (C=O) groups is 1. The van der Waals surface area contributed by atoms with Gasteiger partial charge in [-0.2, -0.15) is 0 Å². The van der Waals surface area contributed by atoms with E-state index in [1.807, 2.05) is 30.3 Å². The topological polar surface area (TPSA) is 41.1 Å². The average molecular weight is 276 g/mol. The lowest BCUT2D eigenvalue weighted by Gasteiger charge is -2.23. The molecule has 19 heavy (non-hydrogen) atoms. The van der Waals surface area contributed by atoms with Crippen molar-refractivity contribution in [2.24, 2.45) is 0 Å². The first-order chi connectivity index (χ1) is 9.25. The van der Waals surface area contributed by atoms with Gasteiger partial charge in [0.2, 0.25) is 0 Å². The maximum Gasteiger partial charge on any atom is 0.278 e. The van der Waals surface area contributed by atoms with E-state index in [0.717, 1.165) is 18.4 Å². The van der Waals surface area contributed by atoms with Crippen LogP contribution in [0.5, 0.6) is 0 Å². The van der Waals surface area contributed by atoms with Crippen molar-refractivity contribution < 1.29 is 4.79 Å². The van der Waals surface area contributed by atoms with Gasteiger partial charge in [-0.25, -0.2) is 0 Å². The van der Waals surface area contributed by atoms with Crippen molar-refractivity contribution >= 4 is 23.1 Å². The molecule has 1 fully saturated rings. The molecule has 1 aromatic rings. The summed E-state index contributed by atoms with van der Waals surface area (Å²) in [6, 6.07) is 10.2. The Morgan fingerprint density at radius 3 is 2.53 bits per heavy atom. The molecule has 0 aromatic heterocycles. The molecule has 0 bridgehead atoms. The number of amides is 1. The van der Waals surface area contributed by atoms with Gasteiger partial charge in [-0.1, -0.05) is 61.8 Å². The van der Waals surface area contributed by atoms with E-state index in [2.05, 4.69) is 10.6 Å². The summed E-state index contributed by atoms with van der Waals surface area (Å²) in [5.41, 5.74) is 1.08. The first-order valence-electron chi connectivity index (χ1n) is 6.88. The molecule has 0 heterocycles. The average Bonchev–Trinajstić information content (AvgIpc) is 2.47. The molecular weight excluding hydrogens is 256 g/mol. The fourth-order valence-corrected chi connectivity index (χ4v) is 2.60. The largest absolute Gasteiger partial charge is 0.369 e. The highest BCUT2D eigenvalue weighted by Crippen LogP contribution is 2.17. The molecule has 0 aliphatic heterocycles. The van der Waals surface area contributed by atoms with Crippen LogP contribution in [0, 0.1) is 0 Å². The van der Waals surface area contributed by atoms with Gasteiger partial charge in [0.25, 0.3) is 5.91 Å². The van der Waals surface area contributed by atoms with Crippen molar-refractivity contribution in [3.05, 3.63) is 35.9 Å².